The van der Waals surface area contributed by atoms with E-state index in [1.165, 1.54) is 13.2 Å². The molecule has 0 aliphatic rings. The fraction of sp³-hybridized carbons (Fsp3) is 0.500. The van der Waals surface area contributed by atoms with Crippen LogP contribution >= 0.6 is 0 Å². The molecule has 0 aromatic heterocycles. The first kappa shape index (κ1) is 15.2. The number of amides is 1. The molecule has 0 aliphatic carbocycles. The van der Waals surface area contributed by atoms with Crippen molar-refractivity contribution in [3.8, 4) is 0 Å². The van der Waals surface area contributed by atoms with Gasteiger partial charge in [0, 0.05) is 0 Å². The molecule has 0 saturated carbocycles. The summed E-state index contributed by atoms with van der Waals surface area (Å²) in [7, 11) is 1.22. The maximum absolute atomic E-state index is 11.5. The van der Waals surface area contributed by atoms with E-state index in [0.717, 1.165) is 0 Å². The summed E-state index contributed by atoms with van der Waals surface area (Å²) in [6, 6.07) is -0.979. The number of hydrogen-bond donors (Lipinski definition) is 1. The number of alkyl carbamates (subject to hydrolysis) is 1. The minimum Gasteiger partial charge on any atom is -0.467 e. The van der Waals surface area contributed by atoms with Gasteiger partial charge in [-0.1, -0.05) is 19.2 Å². The molecule has 0 rings (SSSR count). The summed E-state index contributed by atoms with van der Waals surface area (Å²) in [5.41, 5.74) is -0.303. The average Bonchev–Trinajstić information content (AvgIpc) is 2.21. The lowest BCUT2D eigenvalue weighted by atomic mass is 10.1. The van der Waals surface area contributed by atoms with Gasteiger partial charge in [0.2, 0.25) is 0 Å². The molecule has 96 valence electrons. The lowest BCUT2D eigenvalue weighted by Gasteiger charge is -2.22. The van der Waals surface area contributed by atoms with Gasteiger partial charge < -0.3 is 14.8 Å². The third-order valence-corrected chi connectivity index (χ3v) is 1.73. The van der Waals surface area contributed by atoms with Gasteiger partial charge in [-0.2, -0.15) is 0 Å². The van der Waals surface area contributed by atoms with Crippen LogP contribution in [0, 0.1) is 0 Å². The van der Waals surface area contributed by atoms with E-state index >= 15 is 0 Å². The number of carbonyl (C=O) groups excluding carboxylic acids is 2. The molecule has 5 nitrogen and oxygen atoms in total. The van der Waals surface area contributed by atoms with Gasteiger partial charge in [-0.25, -0.2) is 9.59 Å². The van der Waals surface area contributed by atoms with Gasteiger partial charge in [-0.3, -0.25) is 0 Å². The maximum atomic E-state index is 11.5. The van der Waals surface area contributed by atoms with E-state index in [4.69, 9.17) is 4.74 Å². The topological polar surface area (TPSA) is 64.6 Å². The fourth-order valence-electron chi connectivity index (χ4n) is 0.964. The van der Waals surface area contributed by atoms with Crippen LogP contribution in [0.15, 0.2) is 24.8 Å². The SMILES string of the molecule is C=CC(=C)[C@H](NC(=O)OC(C)(C)C)C(=O)OC. The molecule has 0 aromatic carbocycles. The lowest BCUT2D eigenvalue weighted by Crippen LogP contribution is -2.44. The summed E-state index contributed by atoms with van der Waals surface area (Å²) < 4.78 is 9.57. The molecule has 0 aliphatic heterocycles. The minimum atomic E-state index is -0.979. The molecule has 0 spiro atoms. The Balaban J connectivity index is 4.66. The summed E-state index contributed by atoms with van der Waals surface area (Å²) >= 11 is 0. The molecule has 0 radical (unpaired) electrons. The Morgan fingerprint density at radius 3 is 2.24 bits per heavy atom. The number of rotatable bonds is 4. The monoisotopic (exact) mass is 241 g/mol. The smallest absolute Gasteiger partial charge is 0.408 e. The second-order valence-corrected chi connectivity index (χ2v) is 4.38. The van der Waals surface area contributed by atoms with Crippen LogP contribution in [-0.2, 0) is 14.3 Å². The van der Waals surface area contributed by atoms with Gasteiger partial charge in [0.15, 0.2) is 6.04 Å². The van der Waals surface area contributed by atoms with Crippen molar-refractivity contribution in [2.24, 2.45) is 0 Å². The normalized spacial score (nSPS) is 12.2. The average molecular weight is 241 g/mol. The number of methoxy groups -OCH3 is 1. The van der Waals surface area contributed by atoms with Crippen LogP contribution in [0.2, 0.25) is 0 Å². The molecule has 0 heterocycles. The third-order valence-electron chi connectivity index (χ3n) is 1.73. The summed E-state index contributed by atoms with van der Waals surface area (Å²) in [6.07, 6.45) is 0.662. The maximum Gasteiger partial charge on any atom is 0.408 e. The summed E-state index contributed by atoms with van der Waals surface area (Å²) in [6.45, 7) is 12.3. The Kier molecular flexibility index (Phi) is 5.44. The predicted molar refractivity (Wildman–Crippen MR) is 64.5 cm³/mol. The van der Waals surface area contributed by atoms with Crippen molar-refractivity contribution in [2.75, 3.05) is 7.11 Å². The zero-order chi connectivity index (χ0) is 13.6. The quantitative estimate of drug-likeness (QED) is 0.602. The molecule has 5 heteroatoms. The Labute approximate surface area is 101 Å². The first-order valence-corrected chi connectivity index (χ1v) is 5.10. The van der Waals surface area contributed by atoms with E-state index in [0.29, 0.717) is 5.57 Å². The molecule has 0 aromatic rings. The van der Waals surface area contributed by atoms with Crippen molar-refractivity contribution in [3.05, 3.63) is 24.8 Å². The summed E-state index contributed by atoms with van der Waals surface area (Å²) in [5, 5.41) is 2.37. The second kappa shape index (κ2) is 6.08. The third kappa shape index (κ3) is 5.75. The van der Waals surface area contributed by atoms with Crippen LogP contribution in [0.3, 0.4) is 0 Å². The zero-order valence-electron chi connectivity index (χ0n) is 10.7. The molecule has 0 saturated heterocycles. The highest BCUT2D eigenvalue weighted by Crippen LogP contribution is 2.09. The fourth-order valence-corrected chi connectivity index (χ4v) is 0.964. The molecule has 1 amide bonds. The number of hydrogen-bond acceptors (Lipinski definition) is 4. The second-order valence-electron chi connectivity index (χ2n) is 4.38. The first-order chi connectivity index (χ1) is 7.71. The highest BCUT2D eigenvalue weighted by molar-refractivity contribution is 5.85. The standard InChI is InChI=1S/C12H19NO4/c1-7-8(2)9(10(14)16-6)13-11(15)17-12(3,4)5/h7,9H,1-2H2,3-6H3,(H,13,15)/t9-/m0/s1. The molecule has 1 atom stereocenters. The van der Waals surface area contributed by atoms with Gasteiger partial charge in [0.05, 0.1) is 7.11 Å². The molecule has 0 bridgehead atoms. The van der Waals surface area contributed by atoms with E-state index in [-0.39, 0.29) is 0 Å². The number of carbonyl (C=O) groups is 2. The Morgan fingerprint density at radius 1 is 1.35 bits per heavy atom. The van der Waals surface area contributed by atoms with Crippen LogP contribution in [0.4, 0.5) is 4.79 Å². The molecular formula is C12H19NO4. The highest BCUT2D eigenvalue weighted by Gasteiger charge is 2.25. The van der Waals surface area contributed by atoms with E-state index < -0.39 is 23.7 Å². The first-order valence-electron chi connectivity index (χ1n) is 5.10. The molecule has 17 heavy (non-hydrogen) atoms. The van der Waals surface area contributed by atoms with Crippen LogP contribution in [0.1, 0.15) is 20.8 Å². The predicted octanol–water partition coefficient (Wildman–Crippen LogP) is 1.79. The number of esters is 1. The van der Waals surface area contributed by atoms with Gasteiger partial charge in [-0.05, 0) is 26.3 Å². The van der Waals surface area contributed by atoms with Crippen LogP contribution < -0.4 is 5.32 Å². The van der Waals surface area contributed by atoms with Crippen LogP contribution in [-0.4, -0.2) is 30.8 Å². The van der Waals surface area contributed by atoms with E-state index in [9.17, 15) is 9.59 Å². The van der Waals surface area contributed by atoms with Crippen molar-refractivity contribution >= 4 is 12.1 Å². The van der Waals surface area contributed by atoms with Crippen molar-refractivity contribution < 1.29 is 19.1 Å². The highest BCUT2D eigenvalue weighted by atomic mass is 16.6. The van der Waals surface area contributed by atoms with Crippen molar-refractivity contribution in [1.82, 2.24) is 5.32 Å². The summed E-state index contributed by atoms with van der Waals surface area (Å²) in [5.74, 6) is -0.624. The van der Waals surface area contributed by atoms with Crippen molar-refractivity contribution in [2.45, 2.75) is 32.4 Å². The lowest BCUT2D eigenvalue weighted by molar-refractivity contribution is -0.141. The van der Waals surface area contributed by atoms with E-state index in [1.807, 2.05) is 0 Å². The van der Waals surface area contributed by atoms with Gasteiger partial charge in [0.25, 0.3) is 0 Å². The minimum absolute atomic E-state index is 0.336. The molecular weight excluding hydrogens is 222 g/mol. The van der Waals surface area contributed by atoms with Gasteiger partial charge in [-0.15, -0.1) is 0 Å². The Bertz CT molecular complexity index is 328. The van der Waals surface area contributed by atoms with Crippen molar-refractivity contribution in [3.63, 3.8) is 0 Å². The van der Waals surface area contributed by atoms with E-state index in [2.05, 4.69) is 23.2 Å². The summed E-state index contributed by atoms with van der Waals surface area (Å²) in [4.78, 5) is 22.9. The largest absolute Gasteiger partial charge is 0.467 e. The zero-order valence-corrected chi connectivity index (χ0v) is 10.7. The molecule has 1 N–H and O–H groups in total. The van der Waals surface area contributed by atoms with Gasteiger partial charge >= 0.3 is 12.1 Å². The van der Waals surface area contributed by atoms with Crippen molar-refractivity contribution in [1.29, 1.82) is 0 Å². The van der Waals surface area contributed by atoms with Gasteiger partial charge in [0.1, 0.15) is 5.60 Å². The van der Waals surface area contributed by atoms with Crippen LogP contribution in [0.25, 0.3) is 0 Å². The molecule has 0 unspecified atom stereocenters. The number of ether oxygens (including phenoxy) is 2. The number of nitrogens with one attached hydrogen (secondary N) is 1. The van der Waals surface area contributed by atoms with Crippen LogP contribution in [0.5, 0.6) is 0 Å². The van der Waals surface area contributed by atoms with E-state index in [1.54, 1.807) is 20.8 Å². The Morgan fingerprint density at radius 2 is 1.88 bits per heavy atom. The Hall–Kier alpha value is -1.78. The molecule has 0 fully saturated rings.